The van der Waals surface area contributed by atoms with Gasteiger partial charge in [-0.05, 0) is 26.8 Å². The first-order valence-electron chi connectivity index (χ1n) is 5.81. The van der Waals surface area contributed by atoms with Crippen LogP contribution in [0.25, 0.3) is 0 Å². The molecule has 0 aliphatic carbocycles. The number of hydrogen-bond donors (Lipinski definition) is 1. The first-order valence-corrected chi connectivity index (χ1v) is 7.81. The van der Waals surface area contributed by atoms with Crippen molar-refractivity contribution in [2.24, 2.45) is 5.73 Å². The maximum absolute atomic E-state index is 12.3. The number of rotatable bonds is 10. The molecule has 98 valence electrons. The maximum atomic E-state index is 12.3. The molecule has 0 aromatic carbocycles. The van der Waals surface area contributed by atoms with E-state index in [0.717, 1.165) is 0 Å². The van der Waals surface area contributed by atoms with E-state index >= 15 is 0 Å². The van der Waals surface area contributed by atoms with Crippen LogP contribution in [-0.2, 0) is 18.6 Å². The Balaban J connectivity index is 4.27. The summed E-state index contributed by atoms with van der Waals surface area (Å²) in [5, 5.41) is 0. The lowest BCUT2D eigenvalue weighted by Gasteiger charge is -2.23. The molecule has 16 heavy (non-hydrogen) atoms. The third kappa shape index (κ3) is 6.61. The second-order valence-corrected chi connectivity index (χ2v) is 6.22. The Hall–Kier alpha value is 0.0700. The van der Waals surface area contributed by atoms with Gasteiger partial charge in [0.25, 0.3) is 6.48 Å². The molecular weight excluding hydrogens is 229 g/mol. The van der Waals surface area contributed by atoms with Gasteiger partial charge >= 0.3 is 0 Å². The van der Waals surface area contributed by atoms with Crippen molar-refractivity contribution >= 4 is 7.37 Å². The largest absolute Gasteiger partial charge is 0.330 e. The van der Waals surface area contributed by atoms with Crippen LogP contribution in [0.15, 0.2) is 0 Å². The first kappa shape index (κ1) is 16.1. The molecule has 0 radical (unpaired) electrons. The van der Waals surface area contributed by atoms with Crippen molar-refractivity contribution < 1.29 is 18.6 Å². The molecule has 0 aliphatic heterocycles. The molecule has 1 atom stereocenters. The van der Waals surface area contributed by atoms with Crippen LogP contribution in [0.3, 0.4) is 0 Å². The topological polar surface area (TPSA) is 70.8 Å². The number of ether oxygens (including phenoxy) is 2. The van der Waals surface area contributed by atoms with Crippen molar-refractivity contribution in [1.82, 2.24) is 0 Å². The number of nitrogens with two attached hydrogens (primary N) is 1. The van der Waals surface area contributed by atoms with E-state index in [1.807, 2.05) is 20.8 Å². The van der Waals surface area contributed by atoms with Crippen LogP contribution in [-0.4, -0.2) is 38.6 Å². The second kappa shape index (κ2) is 9.14. The zero-order valence-corrected chi connectivity index (χ0v) is 11.4. The molecule has 0 spiro atoms. The van der Waals surface area contributed by atoms with Crippen molar-refractivity contribution in [2.45, 2.75) is 33.7 Å². The van der Waals surface area contributed by atoms with Gasteiger partial charge in [-0.1, -0.05) is 6.92 Å². The van der Waals surface area contributed by atoms with Crippen molar-refractivity contribution in [3.63, 3.8) is 0 Å². The van der Waals surface area contributed by atoms with Gasteiger partial charge in [-0.15, -0.1) is 0 Å². The van der Waals surface area contributed by atoms with Crippen molar-refractivity contribution in [1.29, 1.82) is 0 Å². The van der Waals surface area contributed by atoms with Crippen LogP contribution in [0.4, 0.5) is 0 Å². The Bertz CT molecular complexity index is 207. The zero-order valence-electron chi connectivity index (χ0n) is 10.5. The summed E-state index contributed by atoms with van der Waals surface area (Å²) in [7, 11) is -2.66. The van der Waals surface area contributed by atoms with Crippen molar-refractivity contribution in [2.75, 3.05) is 32.1 Å². The minimum Gasteiger partial charge on any atom is -0.330 e. The Morgan fingerprint density at radius 2 is 1.75 bits per heavy atom. The molecule has 0 aromatic heterocycles. The van der Waals surface area contributed by atoms with Gasteiger partial charge in [0, 0.05) is 25.5 Å². The quantitative estimate of drug-likeness (QED) is 0.476. The highest BCUT2D eigenvalue weighted by atomic mass is 31.2. The highest BCUT2D eigenvalue weighted by Crippen LogP contribution is 2.48. The van der Waals surface area contributed by atoms with Crippen LogP contribution < -0.4 is 5.73 Å². The summed E-state index contributed by atoms with van der Waals surface area (Å²) in [5.74, 6) is 0. The average Bonchev–Trinajstić information content (AvgIpc) is 2.27. The third-order valence-electron chi connectivity index (χ3n) is 2.07. The molecule has 1 unspecified atom stereocenters. The molecule has 6 heteroatoms. The van der Waals surface area contributed by atoms with Crippen LogP contribution in [0.1, 0.15) is 27.2 Å². The fourth-order valence-corrected chi connectivity index (χ4v) is 2.83. The van der Waals surface area contributed by atoms with Gasteiger partial charge in [-0.3, -0.25) is 9.09 Å². The monoisotopic (exact) mass is 253 g/mol. The lowest BCUT2D eigenvalue weighted by Crippen LogP contribution is -2.21. The highest BCUT2D eigenvalue weighted by molar-refractivity contribution is 7.58. The Morgan fingerprint density at radius 3 is 2.12 bits per heavy atom. The van der Waals surface area contributed by atoms with E-state index in [-0.39, 0.29) is 0 Å². The molecule has 0 bridgehead atoms. The van der Waals surface area contributed by atoms with E-state index in [4.69, 9.17) is 19.7 Å². The SMILES string of the molecule is CCOC(OCC)OP(=O)(CC)CCCN. The number of hydrogen-bond acceptors (Lipinski definition) is 5. The first-order chi connectivity index (χ1) is 7.61. The lowest BCUT2D eigenvalue weighted by atomic mass is 10.5. The zero-order chi connectivity index (χ0) is 12.4. The van der Waals surface area contributed by atoms with E-state index in [0.29, 0.717) is 38.5 Å². The van der Waals surface area contributed by atoms with Crippen molar-refractivity contribution in [3.8, 4) is 0 Å². The minimum atomic E-state index is -2.66. The van der Waals surface area contributed by atoms with E-state index in [1.165, 1.54) is 0 Å². The smallest absolute Gasteiger partial charge is 0.277 e. The summed E-state index contributed by atoms with van der Waals surface area (Å²) < 4.78 is 28.1. The Kier molecular flexibility index (Phi) is 9.18. The molecule has 0 saturated carbocycles. The van der Waals surface area contributed by atoms with Crippen LogP contribution in [0.2, 0.25) is 0 Å². The second-order valence-electron chi connectivity index (χ2n) is 3.30. The van der Waals surface area contributed by atoms with Crippen LogP contribution in [0.5, 0.6) is 0 Å². The molecule has 2 N–H and O–H groups in total. The van der Waals surface area contributed by atoms with E-state index in [2.05, 4.69) is 0 Å². The summed E-state index contributed by atoms with van der Waals surface area (Å²) in [5.41, 5.74) is 5.40. The summed E-state index contributed by atoms with van der Waals surface area (Å²) in [4.78, 5) is 0. The van der Waals surface area contributed by atoms with E-state index < -0.39 is 13.8 Å². The molecule has 5 nitrogen and oxygen atoms in total. The maximum Gasteiger partial charge on any atom is 0.277 e. The normalized spacial score (nSPS) is 15.3. The van der Waals surface area contributed by atoms with E-state index in [9.17, 15) is 4.57 Å². The summed E-state index contributed by atoms with van der Waals surface area (Å²) in [6.07, 6.45) is 1.65. The van der Waals surface area contributed by atoms with Gasteiger partial charge in [-0.2, -0.15) is 0 Å². The molecule has 0 saturated heterocycles. The average molecular weight is 253 g/mol. The molecular formula is C10H24NO4P. The highest BCUT2D eigenvalue weighted by Gasteiger charge is 2.25. The molecule has 0 fully saturated rings. The van der Waals surface area contributed by atoms with Gasteiger partial charge in [0.05, 0.1) is 0 Å². The van der Waals surface area contributed by atoms with E-state index in [1.54, 1.807) is 0 Å². The molecule has 0 amide bonds. The lowest BCUT2D eigenvalue weighted by molar-refractivity contribution is -0.242. The fourth-order valence-electron chi connectivity index (χ4n) is 1.16. The summed E-state index contributed by atoms with van der Waals surface area (Å²) >= 11 is 0. The predicted molar refractivity (Wildman–Crippen MR) is 64.8 cm³/mol. The van der Waals surface area contributed by atoms with Gasteiger partial charge in [0.2, 0.25) is 7.37 Å². The molecule has 0 heterocycles. The molecule has 0 rings (SSSR count). The van der Waals surface area contributed by atoms with Gasteiger partial charge in [0.1, 0.15) is 0 Å². The van der Waals surface area contributed by atoms with Crippen LogP contribution in [0, 0.1) is 0 Å². The van der Waals surface area contributed by atoms with Crippen LogP contribution >= 0.6 is 7.37 Å². The van der Waals surface area contributed by atoms with Gasteiger partial charge in [-0.25, -0.2) is 0 Å². The predicted octanol–water partition coefficient (Wildman–Crippen LogP) is 2.01. The third-order valence-corrected chi connectivity index (χ3v) is 4.59. The minimum absolute atomic E-state index is 0.464. The Labute approximate surface area is 98.1 Å². The van der Waals surface area contributed by atoms with Gasteiger partial charge in [0.15, 0.2) is 0 Å². The fraction of sp³-hybridized carbons (Fsp3) is 1.00. The van der Waals surface area contributed by atoms with Gasteiger partial charge < -0.3 is 15.2 Å². The van der Waals surface area contributed by atoms with Crippen molar-refractivity contribution in [3.05, 3.63) is 0 Å². The standard InChI is InChI=1S/C10H24NO4P/c1-4-13-10(14-5-2)15-16(12,6-3)9-7-8-11/h10H,4-9,11H2,1-3H3. The molecule has 0 aliphatic rings. The summed E-state index contributed by atoms with van der Waals surface area (Å²) in [6.45, 7) is 6.14. The molecule has 0 aromatic rings. The summed E-state index contributed by atoms with van der Waals surface area (Å²) in [6, 6.07) is 0. The Morgan fingerprint density at radius 1 is 1.19 bits per heavy atom.